The van der Waals surface area contributed by atoms with Gasteiger partial charge >= 0.3 is 11.9 Å². The Balaban J connectivity index is 0.000000401. The Bertz CT molecular complexity index is 479. The lowest BCUT2D eigenvalue weighted by atomic mass is 10.2. The molecule has 0 saturated carbocycles. The maximum Gasteiger partial charge on any atom is 0.335 e. The number of ether oxygens (including phenoxy) is 2. The Labute approximate surface area is 130 Å². The summed E-state index contributed by atoms with van der Waals surface area (Å²) in [7, 11) is 0. The van der Waals surface area contributed by atoms with Crippen LogP contribution in [0.4, 0.5) is 0 Å². The predicted octanol–water partition coefficient (Wildman–Crippen LogP) is 3.22. The van der Waals surface area contributed by atoms with Crippen LogP contribution in [0.5, 0.6) is 5.75 Å². The van der Waals surface area contributed by atoms with Crippen LogP contribution in [0.15, 0.2) is 55.1 Å². The van der Waals surface area contributed by atoms with Crippen LogP contribution in [0.2, 0.25) is 0 Å². The standard InChI is InChI=1S/C9H8O2.C8H14O3/c1-2-9(10)11-8-6-4-3-5-7-8;1-3-11-6-4-5-7(2)8(9)10/h2-7H,1H2;2-6H2,1H3,(H,9,10). The zero-order valence-electron chi connectivity index (χ0n) is 12.8. The summed E-state index contributed by atoms with van der Waals surface area (Å²) in [5, 5.41) is 8.40. The molecule has 5 heteroatoms. The van der Waals surface area contributed by atoms with E-state index in [1.54, 1.807) is 24.3 Å². The first-order chi connectivity index (χ1) is 10.5. The molecule has 1 N–H and O–H groups in total. The second kappa shape index (κ2) is 12.3. The summed E-state index contributed by atoms with van der Waals surface area (Å²) in [5.41, 5.74) is 0.254. The van der Waals surface area contributed by atoms with Crippen molar-refractivity contribution in [2.75, 3.05) is 13.2 Å². The number of aliphatic carboxylic acids is 1. The smallest absolute Gasteiger partial charge is 0.335 e. The number of rotatable bonds is 8. The molecule has 1 aromatic rings. The van der Waals surface area contributed by atoms with Crippen molar-refractivity contribution in [2.45, 2.75) is 19.8 Å². The molecule has 1 rings (SSSR count). The molecule has 0 atom stereocenters. The molecular formula is C17H22O5. The molecular weight excluding hydrogens is 284 g/mol. The summed E-state index contributed by atoms with van der Waals surface area (Å²) in [5.74, 6) is -0.810. The first-order valence-electron chi connectivity index (χ1n) is 6.89. The molecule has 0 aliphatic rings. The lowest BCUT2D eigenvalue weighted by Gasteiger charge is -2.00. The lowest BCUT2D eigenvalue weighted by molar-refractivity contribution is -0.133. The zero-order valence-corrected chi connectivity index (χ0v) is 12.8. The largest absolute Gasteiger partial charge is 0.478 e. The van der Waals surface area contributed by atoms with Crippen LogP contribution in [-0.2, 0) is 14.3 Å². The number of hydrogen-bond donors (Lipinski definition) is 1. The molecule has 0 aliphatic carbocycles. The van der Waals surface area contributed by atoms with Crippen molar-refractivity contribution in [1.29, 1.82) is 0 Å². The number of hydrogen-bond acceptors (Lipinski definition) is 4. The van der Waals surface area contributed by atoms with Gasteiger partial charge in [-0.1, -0.05) is 31.4 Å². The van der Waals surface area contributed by atoms with Crippen molar-refractivity contribution in [3.05, 3.63) is 55.1 Å². The van der Waals surface area contributed by atoms with Gasteiger partial charge in [0.15, 0.2) is 0 Å². The van der Waals surface area contributed by atoms with Crippen molar-refractivity contribution >= 4 is 11.9 Å². The average molecular weight is 306 g/mol. The number of carboxylic acid groups (broad SMARTS) is 1. The molecule has 0 spiro atoms. The lowest BCUT2D eigenvalue weighted by Crippen LogP contribution is -2.02. The van der Waals surface area contributed by atoms with Crippen LogP contribution < -0.4 is 4.74 Å². The van der Waals surface area contributed by atoms with Gasteiger partial charge in [0.2, 0.25) is 0 Å². The van der Waals surface area contributed by atoms with Crippen LogP contribution in [0.25, 0.3) is 0 Å². The Hall–Kier alpha value is -2.40. The minimum Gasteiger partial charge on any atom is -0.478 e. The van der Waals surface area contributed by atoms with Gasteiger partial charge in [0.05, 0.1) is 0 Å². The van der Waals surface area contributed by atoms with Crippen molar-refractivity contribution in [2.24, 2.45) is 0 Å². The van der Waals surface area contributed by atoms with E-state index in [2.05, 4.69) is 13.2 Å². The average Bonchev–Trinajstić information content (AvgIpc) is 2.52. The molecule has 0 unspecified atom stereocenters. The summed E-state index contributed by atoms with van der Waals surface area (Å²) in [4.78, 5) is 20.9. The SMILES string of the molecule is C=C(CCCOCC)C(=O)O.C=CC(=O)Oc1ccccc1. The van der Waals surface area contributed by atoms with Gasteiger partial charge < -0.3 is 14.6 Å². The highest BCUT2D eigenvalue weighted by Crippen LogP contribution is 2.08. The number of carbonyl (C=O) groups excluding carboxylic acids is 1. The molecule has 0 saturated heterocycles. The van der Waals surface area contributed by atoms with E-state index in [9.17, 15) is 9.59 Å². The number of para-hydroxylation sites is 1. The van der Waals surface area contributed by atoms with Crippen molar-refractivity contribution in [3.63, 3.8) is 0 Å². The fraction of sp³-hybridized carbons (Fsp3) is 0.294. The van der Waals surface area contributed by atoms with E-state index in [1.807, 2.05) is 13.0 Å². The number of carbonyl (C=O) groups is 2. The van der Waals surface area contributed by atoms with Gasteiger partial charge in [-0.05, 0) is 31.9 Å². The van der Waals surface area contributed by atoms with Gasteiger partial charge in [0, 0.05) is 24.9 Å². The summed E-state index contributed by atoms with van der Waals surface area (Å²) >= 11 is 0. The van der Waals surface area contributed by atoms with Gasteiger partial charge in [-0.3, -0.25) is 0 Å². The normalized spacial score (nSPS) is 9.14. The number of carboxylic acids is 1. The monoisotopic (exact) mass is 306 g/mol. The predicted molar refractivity (Wildman–Crippen MR) is 84.8 cm³/mol. The quantitative estimate of drug-likeness (QED) is 0.345. The molecule has 22 heavy (non-hydrogen) atoms. The summed E-state index contributed by atoms with van der Waals surface area (Å²) in [6, 6.07) is 8.87. The Kier molecular flexibility index (Phi) is 11.0. The highest BCUT2D eigenvalue weighted by atomic mass is 16.5. The minimum absolute atomic E-state index is 0.254. The van der Waals surface area contributed by atoms with E-state index >= 15 is 0 Å². The molecule has 0 aromatic heterocycles. The Morgan fingerprint density at radius 1 is 1.27 bits per heavy atom. The van der Waals surface area contributed by atoms with Gasteiger partial charge in [-0.15, -0.1) is 0 Å². The van der Waals surface area contributed by atoms with Crippen molar-refractivity contribution in [3.8, 4) is 5.75 Å². The third-order valence-corrected chi connectivity index (χ3v) is 2.40. The van der Waals surface area contributed by atoms with E-state index in [1.165, 1.54) is 0 Å². The van der Waals surface area contributed by atoms with E-state index in [4.69, 9.17) is 14.6 Å². The van der Waals surface area contributed by atoms with Crippen LogP contribution in [0.1, 0.15) is 19.8 Å². The Morgan fingerprint density at radius 2 is 1.91 bits per heavy atom. The van der Waals surface area contributed by atoms with Crippen LogP contribution in [-0.4, -0.2) is 30.3 Å². The number of benzene rings is 1. The molecule has 0 fully saturated rings. The summed E-state index contributed by atoms with van der Waals surface area (Å²) in [6.45, 7) is 9.88. The maximum atomic E-state index is 10.6. The Morgan fingerprint density at radius 3 is 2.41 bits per heavy atom. The van der Waals surface area contributed by atoms with Gasteiger partial charge in [-0.25, -0.2) is 9.59 Å². The topological polar surface area (TPSA) is 72.8 Å². The number of esters is 1. The minimum atomic E-state index is -0.915. The van der Waals surface area contributed by atoms with Gasteiger partial charge in [0.25, 0.3) is 0 Å². The van der Waals surface area contributed by atoms with Crippen LogP contribution in [0.3, 0.4) is 0 Å². The van der Waals surface area contributed by atoms with Crippen LogP contribution in [0, 0.1) is 0 Å². The van der Waals surface area contributed by atoms with Crippen molar-refractivity contribution < 1.29 is 24.2 Å². The van der Waals surface area contributed by atoms with Gasteiger partial charge in [0.1, 0.15) is 5.75 Å². The van der Waals surface area contributed by atoms with E-state index in [0.29, 0.717) is 25.4 Å². The molecule has 0 heterocycles. The summed E-state index contributed by atoms with van der Waals surface area (Å²) in [6.07, 6.45) is 2.38. The highest BCUT2D eigenvalue weighted by molar-refractivity contribution is 5.85. The maximum absolute atomic E-state index is 10.6. The van der Waals surface area contributed by atoms with Crippen molar-refractivity contribution in [1.82, 2.24) is 0 Å². The molecule has 1 aromatic carbocycles. The third-order valence-electron chi connectivity index (χ3n) is 2.40. The van der Waals surface area contributed by atoms with Gasteiger partial charge in [-0.2, -0.15) is 0 Å². The molecule has 120 valence electrons. The van der Waals surface area contributed by atoms with E-state index in [-0.39, 0.29) is 5.57 Å². The van der Waals surface area contributed by atoms with Crippen LogP contribution >= 0.6 is 0 Å². The van der Waals surface area contributed by atoms with E-state index < -0.39 is 11.9 Å². The molecule has 0 radical (unpaired) electrons. The zero-order chi connectivity index (χ0) is 16.8. The first-order valence-corrected chi connectivity index (χ1v) is 6.89. The molecule has 0 amide bonds. The third kappa shape index (κ3) is 10.4. The second-order valence-corrected chi connectivity index (χ2v) is 4.15. The fourth-order valence-corrected chi connectivity index (χ4v) is 1.29. The fourth-order valence-electron chi connectivity index (χ4n) is 1.29. The molecule has 0 bridgehead atoms. The van der Waals surface area contributed by atoms with E-state index in [0.717, 1.165) is 12.5 Å². The molecule has 0 aliphatic heterocycles. The summed E-state index contributed by atoms with van der Waals surface area (Å²) < 4.78 is 9.84. The highest BCUT2D eigenvalue weighted by Gasteiger charge is 2.01. The molecule has 5 nitrogen and oxygen atoms in total. The second-order valence-electron chi connectivity index (χ2n) is 4.15. The first kappa shape index (κ1) is 19.6.